The van der Waals surface area contributed by atoms with Gasteiger partial charge in [-0.2, -0.15) is 0 Å². The number of nitrogens with zero attached hydrogens (tertiary/aromatic N) is 3. The number of Topliss-reactive ketones (excluding diaryl/α,β-unsaturated/α-hetero) is 1. The maximum atomic E-state index is 13.4. The average molecular weight is 478 g/mol. The first kappa shape index (κ1) is 23.2. The molecule has 0 aliphatic heterocycles. The zero-order valence-corrected chi connectivity index (χ0v) is 19.0. The summed E-state index contributed by atoms with van der Waals surface area (Å²) in [5, 5.41) is 8.93. The van der Waals surface area contributed by atoms with Crippen LogP contribution in [0.15, 0.2) is 84.0 Å². The topological polar surface area (TPSA) is 83.3 Å². The summed E-state index contributed by atoms with van der Waals surface area (Å²) in [6, 6.07) is 22.1. The number of thioether (sulfide) groups is 1. The van der Waals surface area contributed by atoms with E-state index in [0.29, 0.717) is 27.9 Å². The van der Waals surface area contributed by atoms with Gasteiger partial charge >= 0.3 is 5.97 Å². The summed E-state index contributed by atoms with van der Waals surface area (Å²) in [4.78, 5) is 24.8. The van der Waals surface area contributed by atoms with E-state index in [2.05, 4.69) is 10.2 Å². The second kappa shape index (κ2) is 10.8. The fourth-order valence-electron chi connectivity index (χ4n) is 3.22. The van der Waals surface area contributed by atoms with E-state index < -0.39 is 12.6 Å². The Morgan fingerprint density at radius 1 is 0.941 bits per heavy atom. The number of esters is 1. The molecule has 1 heterocycles. The highest BCUT2D eigenvalue weighted by atomic mass is 32.2. The Balaban J connectivity index is 1.47. The molecule has 4 aromatic rings. The van der Waals surface area contributed by atoms with Gasteiger partial charge in [-0.15, -0.1) is 10.2 Å². The molecule has 34 heavy (non-hydrogen) atoms. The van der Waals surface area contributed by atoms with Gasteiger partial charge in [0.2, 0.25) is 5.78 Å². The Labute approximate surface area is 199 Å². The number of rotatable bonds is 9. The monoisotopic (exact) mass is 477 g/mol. The average Bonchev–Trinajstić information content (AvgIpc) is 3.31. The standard InChI is InChI=1S/C25H20FN3O4S/c1-32-22-10-6-5-9-20(22)21(30)15-33-23(31)16-34-25-28-27-24(17-11-13-18(26)14-12-17)29(25)19-7-3-2-4-8-19/h2-14H,15-16H2,1H3. The number of para-hydroxylation sites is 2. The molecule has 0 aliphatic rings. The highest BCUT2D eigenvalue weighted by Crippen LogP contribution is 2.28. The third-order valence-electron chi connectivity index (χ3n) is 4.84. The van der Waals surface area contributed by atoms with Crippen LogP contribution >= 0.6 is 11.8 Å². The van der Waals surface area contributed by atoms with Gasteiger partial charge in [-0.25, -0.2) is 4.39 Å². The largest absolute Gasteiger partial charge is 0.496 e. The number of benzene rings is 3. The zero-order valence-electron chi connectivity index (χ0n) is 18.2. The van der Waals surface area contributed by atoms with E-state index in [9.17, 15) is 14.0 Å². The van der Waals surface area contributed by atoms with Gasteiger partial charge in [0.25, 0.3) is 0 Å². The molecule has 3 aromatic carbocycles. The lowest BCUT2D eigenvalue weighted by Crippen LogP contribution is -2.16. The highest BCUT2D eigenvalue weighted by molar-refractivity contribution is 7.99. The van der Waals surface area contributed by atoms with Crippen molar-refractivity contribution in [3.63, 3.8) is 0 Å². The number of hydrogen-bond donors (Lipinski definition) is 0. The summed E-state index contributed by atoms with van der Waals surface area (Å²) >= 11 is 1.13. The van der Waals surface area contributed by atoms with Crippen LogP contribution < -0.4 is 4.74 Å². The smallest absolute Gasteiger partial charge is 0.316 e. The van der Waals surface area contributed by atoms with Crippen molar-refractivity contribution in [2.45, 2.75) is 5.16 Å². The van der Waals surface area contributed by atoms with E-state index in [0.717, 1.165) is 17.4 Å². The van der Waals surface area contributed by atoms with Gasteiger partial charge in [-0.3, -0.25) is 14.2 Å². The molecule has 0 atom stereocenters. The Morgan fingerprint density at radius 2 is 1.65 bits per heavy atom. The third-order valence-corrected chi connectivity index (χ3v) is 5.74. The fraction of sp³-hybridized carbons (Fsp3) is 0.120. The van der Waals surface area contributed by atoms with Crippen LogP contribution in [0.3, 0.4) is 0 Å². The van der Waals surface area contributed by atoms with Crippen LogP contribution in [0.5, 0.6) is 5.75 Å². The number of ketones is 1. The summed E-state index contributed by atoms with van der Waals surface area (Å²) in [5.74, 6) is -0.431. The maximum Gasteiger partial charge on any atom is 0.316 e. The highest BCUT2D eigenvalue weighted by Gasteiger charge is 2.19. The molecule has 1 aromatic heterocycles. The van der Waals surface area contributed by atoms with Gasteiger partial charge in [-0.05, 0) is 48.5 Å². The predicted molar refractivity (Wildman–Crippen MR) is 126 cm³/mol. The first-order valence-electron chi connectivity index (χ1n) is 10.3. The minimum atomic E-state index is -0.570. The number of methoxy groups -OCH3 is 1. The molecule has 0 unspecified atom stereocenters. The molecular formula is C25H20FN3O4S. The normalized spacial score (nSPS) is 10.6. The van der Waals surface area contributed by atoms with E-state index in [1.807, 2.05) is 30.3 Å². The van der Waals surface area contributed by atoms with E-state index in [1.165, 1.54) is 19.2 Å². The van der Waals surface area contributed by atoms with Crippen molar-refractivity contribution in [3.05, 3.63) is 90.2 Å². The summed E-state index contributed by atoms with van der Waals surface area (Å²) in [6.45, 7) is -0.397. The van der Waals surface area contributed by atoms with Crippen LogP contribution in [0.2, 0.25) is 0 Å². The first-order valence-corrected chi connectivity index (χ1v) is 11.3. The van der Waals surface area contributed by atoms with Crippen molar-refractivity contribution in [1.29, 1.82) is 0 Å². The lowest BCUT2D eigenvalue weighted by atomic mass is 10.1. The molecule has 0 saturated carbocycles. The van der Waals surface area contributed by atoms with Gasteiger partial charge in [0, 0.05) is 11.3 Å². The molecule has 4 rings (SSSR count). The maximum absolute atomic E-state index is 13.4. The Kier molecular flexibility index (Phi) is 7.34. The lowest BCUT2D eigenvalue weighted by Gasteiger charge is -2.10. The zero-order chi connectivity index (χ0) is 23.9. The van der Waals surface area contributed by atoms with Gasteiger partial charge < -0.3 is 9.47 Å². The quantitative estimate of drug-likeness (QED) is 0.198. The van der Waals surface area contributed by atoms with Crippen LogP contribution in [-0.2, 0) is 9.53 Å². The van der Waals surface area contributed by atoms with E-state index >= 15 is 0 Å². The predicted octanol–water partition coefficient (Wildman–Crippen LogP) is 4.60. The molecule has 172 valence electrons. The Hall–Kier alpha value is -3.98. The molecule has 0 aliphatic carbocycles. The molecule has 0 radical (unpaired) electrons. The summed E-state index contributed by atoms with van der Waals surface area (Å²) in [7, 11) is 1.47. The molecule has 9 heteroatoms. The second-order valence-electron chi connectivity index (χ2n) is 7.06. The number of aromatic nitrogens is 3. The molecule has 0 amide bonds. The van der Waals surface area contributed by atoms with Gasteiger partial charge in [0.1, 0.15) is 11.6 Å². The SMILES string of the molecule is COc1ccccc1C(=O)COC(=O)CSc1nnc(-c2ccc(F)cc2)n1-c1ccccc1. The molecule has 0 bridgehead atoms. The van der Waals surface area contributed by atoms with Gasteiger partial charge in [-0.1, -0.05) is 42.1 Å². The van der Waals surface area contributed by atoms with Crippen molar-refractivity contribution in [3.8, 4) is 22.8 Å². The van der Waals surface area contributed by atoms with Crippen molar-refractivity contribution in [2.24, 2.45) is 0 Å². The molecule has 0 fully saturated rings. The molecular weight excluding hydrogens is 457 g/mol. The van der Waals surface area contributed by atoms with Crippen molar-refractivity contribution >= 4 is 23.5 Å². The molecule has 0 spiro atoms. The number of hydrogen-bond acceptors (Lipinski definition) is 7. The van der Waals surface area contributed by atoms with Crippen LogP contribution in [0.4, 0.5) is 4.39 Å². The summed E-state index contributed by atoms with van der Waals surface area (Å²) in [6.07, 6.45) is 0. The van der Waals surface area contributed by atoms with Crippen molar-refractivity contribution in [1.82, 2.24) is 14.8 Å². The minimum Gasteiger partial charge on any atom is -0.496 e. The minimum absolute atomic E-state index is 0.0758. The molecule has 0 N–H and O–H groups in total. The third kappa shape index (κ3) is 5.32. The Morgan fingerprint density at radius 3 is 2.38 bits per heavy atom. The van der Waals surface area contributed by atoms with Crippen LogP contribution in [0, 0.1) is 5.82 Å². The fourth-order valence-corrected chi connectivity index (χ4v) is 3.97. The van der Waals surface area contributed by atoms with E-state index in [1.54, 1.807) is 41.0 Å². The molecule has 0 saturated heterocycles. The summed E-state index contributed by atoms with van der Waals surface area (Å²) < 4.78 is 25.5. The van der Waals surface area contributed by atoms with Crippen LogP contribution in [0.1, 0.15) is 10.4 Å². The lowest BCUT2D eigenvalue weighted by molar-refractivity contribution is -0.139. The van der Waals surface area contributed by atoms with Crippen molar-refractivity contribution < 1.29 is 23.5 Å². The number of carbonyl (C=O) groups is 2. The number of ether oxygens (including phenoxy) is 2. The summed E-state index contributed by atoms with van der Waals surface area (Å²) in [5.41, 5.74) is 1.81. The Bertz CT molecular complexity index is 1290. The van der Waals surface area contributed by atoms with E-state index in [4.69, 9.17) is 9.47 Å². The van der Waals surface area contributed by atoms with Gasteiger partial charge in [0.15, 0.2) is 17.6 Å². The van der Waals surface area contributed by atoms with E-state index in [-0.39, 0.29) is 17.4 Å². The first-order chi connectivity index (χ1) is 16.6. The number of carbonyl (C=O) groups excluding carboxylic acids is 2. The van der Waals surface area contributed by atoms with Crippen LogP contribution in [-0.4, -0.2) is 46.0 Å². The number of halogens is 1. The van der Waals surface area contributed by atoms with Crippen molar-refractivity contribution in [2.75, 3.05) is 19.5 Å². The van der Waals surface area contributed by atoms with Gasteiger partial charge in [0.05, 0.1) is 18.4 Å². The van der Waals surface area contributed by atoms with Crippen LogP contribution in [0.25, 0.3) is 17.1 Å². The second-order valence-corrected chi connectivity index (χ2v) is 8.00. The molecule has 7 nitrogen and oxygen atoms in total.